The van der Waals surface area contributed by atoms with E-state index in [0.717, 1.165) is 42.6 Å². The normalized spacial score (nSPS) is 11.6. The molecule has 0 radical (unpaired) electrons. The molecule has 0 saturated carbocycles. The van der Waals surface area contributed by atoms with Crippen LogP contribution in [0.5, 0.6) is 0 Å². The molecule has 0 saturated heterocycles. The predicted octanol–water partition coefficient (Wildman–Crippen LogP) is 2.77. The van der Waals surface area contributed by atoms with Crippen molar-refractivity contribution >= 4 is 5.96 Å². The Kier molecular flexibility index (Phi) is 6.25. The summed E-state index contributed by atoms with van der Waals surface area (Å²) in [6, 6.07) is 10.3. The van der Waals surface area contributed by atoms with Gasteiger partial charge in [0.15, 0.2) is 5.96 Å². The lowest BCUT2D eigenvalue weighted by Gasteiger charge is -2.11. The van der Waals surface area contributed by atoms with E-state index in [-0.39, 0.29) is 0 Å². The molecule has 0 aliphatic carbocycles. The molecule has 0 spiro atoms. The molecule has 7 nitrogen and oxygen atoms in total. The van der Waals surface area contributed by atoms with E-state index in [4.69, 9.17) is 4.42 Å². The number of nitrogens with zero attached hydrogens (tertiary/aromatic N) is 4. The SMILES string of the molecule is CCNC(=NCc1nc(C)c(C)o1)NCCc1ccc(-n2cccn2)cc1. The lowest BCUT2D eigenvalue weighted by Crippen LogP contribution is -2.38. The maximum Gasteiger partial charge on any atom is 0.216 e. The molecule has 142 valence electrons. The molecule has 0 aliphatic heterocycles. The van der Waals surface area contributed by atoms with E-state index >= 15 is 0 Å². The van der Waals surface area contributed by atoms with Gasteiger partial charge in [0.2, 0.25) is 5.89 Å². The zero-order valence-electron chi connectivity index (χ0n) is 16.1. The summed E-state index contributed by atoms with van der Waals surface area (Å²) < 4.78 is 7.43. The number of nitrogens with one attached hydrogen (secondary N) is 2. The molecule has 0 unspecified atom stereocenters. The van der Waals surface area contributed by atoms with Gasteiger partial charge in [-0.2, -0.15) is 5.10 Å². The molecule has 1 aromatic carbocycles. The van der Waals surface area contributed by atoms with Crippen molar-refractivity contribution in [1.82, 2.24) is 25.4 Å². The van der Waals surface area contributed by atoms with Crippen LogP contribution in [0, 0.1) is 13.8 Å². The van der Waals surface area contributed by atoms with Crippen molar-refractivity contribution in [1.29, 1.82) is 0 Å². The highest BCUT2D eigenvalue weighted by Crippen LogP contribution is 2.10. The number of oxazole rings is 1. The third-order valence-corrected chi connectivity index (χ3v) is 4.20. The van der Waals surface area contributed by atoms with Gasteiger partial charge in [-0.3, -0.25) is 0 Å². The molecular formula is C20H26N6O. The van der Waals surface area contributed by atoms with Gasteiger partial charge in [-0.15, -0.1) is 0 Å². The molecule has 0 amide bonds. The van der Waals surface area contributed by atoms with Gasteiger partial charge in [-0.25, -0.2) is 14.7 Å². The largest absolute Gasteiger partial charge is 0.444 e. The van der Waals surface area contributed by atoms with Crippen molar-refractivity contribution in [3.63, 3.8) is 0 Å². The minimum absolute atomic E-state index is 0.419. The molecule has 0 aliphatic rings. The van der Waals surface area contributed by atoms with E-state index in [1.54, 1.807) is 6.20 Å². The van der Waals surface area contributed by atoms with Gasteiger partial charge >= 0.3 is 0 Å². The first-order valence-corrected chi connectivity index (χ1v) is 9.19. The summed E-state index contributed by atoms with van der Waals surface area (Å²) in [7, 11) is 0. The third kappa shape index (κ3) is 5.20. The zero-order valence-corrected chi connectivity index (χ0v) is 16.1. The minimum atomic E-state index is 0.419. The standard InChI is InChI=1S/C20H26N6O/c1-4-21-20(23-14-19-25-15(2)16(3)27-19)22-12-10-17-6-8-18(9-7-17)26-13-5-11-24-26/h5-9,11,13H,4,10,12,14H2,1-3H3,(H2,21,22,23). The molecule has 0 fully saturated rings. The Labute approximate surface area is 159 Å². The van der Waals surface area contributed by atoms with Crippen LogP contribution in [0.1, 0.15) is 29.8 Å². The van der Waals surface area contributed by atoms with Crippen molar-refractivity contribution in [2.24, 2.45) is 4.99 Å². The molecule has 3 aromatic rings. The Hall–Kier alpha value is -3.09. The van der Waals surface area contributed by atoms with Crippen molar-refractivity contribution in [3.8, 4) is 5.69 Å². The Morgan fingerprint density at radius 3 is 2.63 bits per heavy atom. The van der Waals surface area contributed by atoms with Crippen LogP contribution in [0.2, 0.25) is 0 Å². The molecule has 2 N–H and O–H groups in total. The Balaban J connectivity index is 1.52. The number of hydrogen-bond donors (Lipinski definition) is 2. The van der Waals surface area contributed by atoms with E-state index in [1.165, 1.54) is 5.56 Å². The molecule has 3 rings (SSSR count). The van der Waals surface area contributed by atoms with Gasteiger partial charge in [0, 0.05) is 25.5 Å². The first-order valence-electron chi connectivity index (χ1n) is 9.19. The van der Waals surface area contributed by atoms with Crippen LogP contribution in [0.25, 0.3) is 5.69 Å². The fourth-order valence-electron chi connectivity index (χ4n) is 2.66. The van der Waals surface area contributed by atoms with Crippen LogP contribution in [0.4, 0.5) is 0 Å². The lowest BCUT2D eigenvalue weighted by atomic mass is 10.1. The summed E-state index contributed by atoms with van der Waals surface area (Å²) >= 11 is 0. The number of benzene rings is 1. The number of guanidine groups is 1. The molecule has 7 heteroatoms. The van der Waals surface area contributed by atoms with Crippen LogP contribution in [0.3, 0.4) is 0 Å². The summed E-state index contributed by atoms with van der Waals surface area (Å²) in [4.78, 5) is 8.91. The van der Waals surface area contributed by atoms with E-state index in [9.17, 15) is 0 Å². The smallest absolute Gasteiger partial charge is 0.216 e. The number of rotatable bonds is 7. The van der Waals surface area contributed by atoms with E-state index < -0.39 is 0 Å². The zero-order chi connectivity index (χ0) is 19.1. The first-order chi connectivity index (χ1) is 13.2. The van der Waals surface area contributed by atoms with Crippen molar-refractivity contribution < 1.29 is 4.42 Å². The summed E-state index contributed by atoms with van der Waals surface area (Å²) in [5.41, 5.74) is 3.23. The first kappa shape index (κ1) is 18.7. The summed E-state index contributed by atoms with van der Waals surface area (Å²) in [6.07, 6.45) is 4.62. The van der Waals surface area contributed by atoms with Crippen molar-refractivity contribution in [2.75, 3.05) is 13.1 Å². The highest BCUT2D eigenvalue weighted by Gasteiger charge is 2.05. The highest BCUT2D eigenvalue weighted by atomic mass is 16.4. The second-order valence-corrected chi connectivity index (χ2v) is 6.24. The minimum Gasteiger partial charge on any atom is -0.444 e. The maximum absolute atomic E-state index is 5.58. The summed E-state index contributed by atoms with van der Waals surface area (Å²) in [5, 5.41) is 10.8. The molecule has 0 bridgehead atoms. The van der Waals surface area contributed by atoms with Crippen molar-refractivity contribution in [3.05, 3.63) is 65.6 Å². The van der Waals surface area contributed by atoms with Crippen LogP contribution in [-0.4, -0.2) is 33.8 Å². The Bertz CT molecular complexity index is 845. The van der Waals surface area contributed by atoms with E-state index in [0.29, 0.717) is 12.4 Å². The number of aliphatic imine (C=N–C) groups is 1. The average molecular weight is 366 g/mol. The lowest BCUT2D eigenvalue weighted by molar-refractivity contribution is 0.473. The topological polar surface area (TPSA) is 80.3 Å². The highest BCUT2D eigenvalue weighted by molar-refractivity contribution is 5.79. The Morgan fingerprint density at radius 1 is 1.19 bits per heavy atom. The second kappa shape index (κ2) is 9.02. The Morgan fingerprint density at radius 2 is 2.00 bits per heavy atom. The number of hydrogen-bond acceptors (Lipinski definition) is 4. The van der Waals surface area contributed by atoms with Crippen LogP contribution in [0.15, 0.2) is 52.1 Å². The molecule has 27 heavy (non-hydrogen) atoms. The molecule has 0 atom stereocenters. The average Bonchev–Trinajstić information content (AvgIpc) is 3.31. The molecule has 2 heterocycles. The molecule has 2 aromatic heterocycles. The van der Waals surface area contributed by atoms with Crippen LogP contribution >= 0.6 is 0 Å². The number of aromatic nitrogens is 3. The van der Waals surface area contributed by atoms with Crippen LogP contribution in [-0.2, 0) is 13.0 Å². The molecular weight excluding hydrogens is 340 g/mol. The number of aryl methyl sites for hydroxylation is 2. The quantitative estimate of drug-likeness (QED) is 0.496. The fourth-order valence-corrected chi connectivity index (χ4v) is 2.66. The van der Waals surface area contributed by atoms with Crippen LogP contribution < -0.4 is 10.6 Å². The van der Waals surface area contributed by atoms with Crippen molar-refractivity contribution in [2.45, 2.75) is 33.7 Å². The van der Waals surface area contributed by atoms with Gasteiger partial charge in [0.1, 0.15) is 12.3 Å². The predicted molar refractivity (Wildman–Crippen MR) is 106 cm³/mol. The van der Waals surface area contributed by atoms with E-state index in [2.05, 4.69) is 50.0 Å². The van der Waals surface area contributed by atoms with Gasteiger partial charge in [0.25, 0.3) is 0 Å². The van der Waals surface area contributed by atoms with E-state index in [1.807, 2.05) is 37.7 Å². The third-order valence-electron chi connectivity index (χ3n) is 4.20. The summed E-state index contributed by atoms with van der Waals surface area (Å²) in [5.74, 6) is 2.24. The monoisotopic (exact) mass is 366 g/mol. The fraction of sp³-hybridized carbons (Fsp3) is 0.350. The van der Waals surface area contributed by atoms with Gasteiger partial charge in [-0.05, 0) is 51.0 Å². The second-order valence-electron chi connectivity index (χ2n) is 6.24. The van der Waals surface area contributed by atoms with Gasteiger partial charge < -0.3 is 15.1 Å². The van der Waals surface area contributed by atoms with Gasteiger partial charge in [-0.1, -0.05) is 12.1 Å². The summed E-state index contributed by atoms with van der Waals surface area (Å²) in [6.45, 7) is 7.90. The maximum atomic E-state index is 5.58. The van der Waals surface area contributed by atoms with Gasteiger partial charge in [0.05, 0.1) is 11.4 Å².